The second-order valence-corrected chi connectivity index (χ2v) is 5.88. The Labute approximate surface area is 143 Å². The van der Waals surface area contributed by atoms with Crippen LogP contribution in [0.5, 0.6) is 0 Å². The lowest BCUT2D eigenvalue weighted by Gasteiger charge is -2.17. The van der Waals surface area contributed by atoms with E-state index in [1.165, 1.54) is 11.0 Å². The first-order valence-corrected chi connectivity index (χ1v) is 7.54. The number of hydrogen-bond acceptors (Lipinski definition) is 3. The van der Waals surface area contributed by atoms with Crippen LogP contribution in [-0.4, -0.2) is 22.8 Å². The van der Waals surface area contributed by atoms with E-state index in [1.54, 1.807) is 43.4 Å². The zero-order valence-corrected chi connectivity index (χ0v) is 13.8. The lowest BCUT2D eigenvalue weighted by Crippen LogP contribution is -2.27. The molecule has 0 heterocycles. The van der Waals surface area contributed by atoms with E-state index in [1.807, 2.05) is 0 Å². The summed E-state index contributed by atoms with van der Waals surface area (Å²) in [6.45, 7) is 0.344. The maximum Gasteiger partial charge on any atom is 0.273 e. The summed E-state index contributed by atoms with van der Waals surface area (Å²) in [5.74, 6) is -0.217. The predicted octanol–water partition coefficient (Wildman–Crippen LogP) is 4.10. The topological polar surface area (TPSA) is 63.5 Å². The Morgan fingerprint density at radius 3 is 2.52 bits per heavy atom. The summed E-state index contributed by atoms with van der Waals surface area (Å²) in [6.07, 6.45) is -0.0328. The minimum atomic E-state index is -0.485. The van der Waals surface area contributed by atoms with Gasteiger partial charge in [0.1, 0.15) is 0 Å². The molecule has 120 valence electrons. The van der Waals surface area contributed by atoms with Gasteiger partial charge in [0.15, 0.2) is 0 Å². The molecule has 1 amide bonds. The highest BCUT2D eigenvalue weighted by Gasteiger charge is 2.18. The van der Waals surface area contributed by atoms with Crippen LogP contribution < -0.4 is 0 Å². The molecule has 5 nitrogen and oxygen atoms in total. The first kappa shape index (κ1) is 17.2. The highest BCUT2D eigenvalue weighted by Crippen LogP contribution is 2.23. The van der Waals surface area contributed by atoms with Crippen molar-refractivity contribution in [1.29, 1.82) is 0 Å². The molecular formula is C16H14Cl2N2O3. The largest absolute Gasteiger partial charge is 0.341 e. The van der Waals surface area contributed by atoms with Gasteiger partial charge in [0, 0.05) is 25.2 Å². The Morgan fingerprint density at radius 2 is 1.87 bits per heavy atom. The van der Waals surface area contributed by atoms with Crippen molar-refractivity contribution in [2.45, 2.75) is 13.0 Å². The number of hydrogen-bond donors (Lipinski definition) is 0. The predicted molar refractivity (Wildman–Crippen MR) is 89.7 cm³/mol. The normalized spacial score (nSPS) is 10.4. The van der Waals surface area contributed by atoms with Crippen LogP contribution in [0.2, 0.25) is 10.0 Å². The number of benzene rings is 2. The van der Waals surface area contributed by atoms with Crippen molar-refractivity contribution in [3.05, 3.63) is 73.8 Å². The summed E-state index contributed by atoms with van der Waals surface area (Å²) in [4.78, 5) is 24.3. The molecule has 0 fully saturated rings. The third-order valence-electron chi connectivity index (χ3n) is 3.36. The van der Waals surface area contributed by atoms with Gasteiger partial charge in [-0.15, -0.1) is 0 Å². The fourth-order valence-electron chi connectivity index (χ4n) is 2.14. The van der Waals surface area contributed by atoms with E-state index in [0.29, 0.717) is 22.2 Å². The quantitative estimate of drug-likeness (QED) is 0.600. The Hall–Kier alpha value is -2.11. The Bertz CT molecular complexity index is 750. The van der Waals surface area contributed by atoms with E-state index in [-0.39, 0.29) is 18.0 Å². The third-order valence-corrected chi connectivity index (χ3v) is 4.10. The summed E-state index contributed by atoms with van der Waals surface area (Å²) in [5, 5.41) is 11.9. The number of likely N-dealkylation sites (N-methyl/N-ethyl adjacent to an activating group) is 1. The van der Waals surface area contributed by atoms with Crippen LogP contribution in [0.15, 0.2) is 42.5 Å². The fourth-order valence-corrected chi connectivity index (χ4v) is 2.46. The van der Waals surface area contributed by atoms with Crippen molar-refractivity contribution in [3.63, 3.8) is 0 Å². The first-order valence-electron chi connectivity index (χ1n) is 6.78. The van der Waals surface area contributed by atoms with E-state index in [0.717, 1.165) is 5.56 Å². The van der Waals surface area contributed by atoms with Gasteiger partial charge < -0.3 is 4.90 Å². The minimum Gasteiger partial charge on any atom is -0.341 e. The molecule has 0 spiro atoms. The molecule has 0 atom stereocenters. The van der Waals surface area contributed by atoms with E-state index < -0.39 is 4.92 Å². The maximum absolute atomic E-state index is 12.3. The first-order chi connectivity index (χ1) is 10.9. The summed E-state index contributed by atoms with van der Waals surface area (Å²) >= 11 is 11.8. The van der Waals surface area contributed by atoms with Crippen molar-refractivity contribution in [1.82, 2.24) is 4.90 Å². The number of amides is 1. The molecular weight excluding hydrogens is 339 g/mol. The van der Waals surface area contributed by atoms with Gasteiger partial charge in [-0.25, -0.2) is 0 Å². The second-order valence-electron chi connectivity index (χ2n) is 5.06. The molecule has 0 aliphatic heterocycles. The molecule has 23 heavy (non-hydrogen) atoms. The van der Waals surface area contributed by atoms with Crippen LogP contribution >= 0.6 is 23.2 Å². The molecule has 0 radical (unpaired) electrons. The smallest absolute Gasteiger partial charge is 0.273 e. The molecule has 2 rings (SSSR count). The van der Waals surface area contributed by atoms with Gasteiger partial charge >= 0.3 is 0 Å². The van der Waals surface area contributed by atoms with Crippen LogP contribution in [0.25, 0.3) is 0 Å². The van der Waals surface area contributed by atoms with Gasteiger partial charge in [-0.2, -0.15) is 0 Å². The van der Waals surface area contributed by atoms with Gasteiger partial charge in [-0.1, -0.05) is 47.5 Å². The maximum atomic E-state index is 12.3. The summed E-state index contributed by atoms with van der Waals surface area (Å²) in [7, 11) is 1.64. The average Bonchev–Trinajstić information content (AvgIpc) is 2.51. The summed E-state index contributed by atoms with van der Waals surface area (Å²) in [5.41, 5.74) is 1.17. The van der Waals surface area contributed by atoms with E-state index >= 15 is 0 Å². The molecule has 0 bridgehead atoms. The molecule has 0 aromatic heterocycles. The lowest BCUT2D eigenvalue weighted by molar-refractivity contribution is -0.385. The van der Waals surface area contributed by atoms with Gasteiger partial charge in [-0.05, 0) is 17.7 Å². The zero-order valence-electron chi connectivity index (χ0n) is 12.3. The number of nitro groups is 1. The summed E-state index contributed by atoms with van der Waals surface area (Å²) < 4.78 is 0. The highest BCUT2D eigenvalue weighted by molar-refractivity contribution is 6.42. The SMILES string of the molecule is CN(Cc1ccc(Cl)c(Cl)c1)C(=O)Cc1ccccc1[N+](=O)[O-]. The van der Waals surface area contributed by atoms with Gasteiger partial charge in [0.05, 0.1) is 21.4 Å². The average molecular weight is 353 g/mol. The lowest BCUT2D eigenvalue weighted by atomic mass is 10.1. The number of carbonyl (C=O) groups is 1. The van der Waals surface area contributed by atoms with Crippen LogP contribution in [0.3, 0.4) is 0 Å². The van der Waals surface area contributed by atoms with Gasteiger partial charge in [-0.3, -0.25) is 14.9 Å². The molecule has 2 aromatic rings. The van der Waals surface area contributed by atoms with Crippen LogP contribution in [-0.2, 0) is 17.8 Å². The molecule has 7 heteroatoms. The van der Waals surface area contributed by atoms with Crippen molar-refractivity contribution in [2.24, 2.45) is 0 Å². The molecule has 0 aliphatic carbocycles. The standard InChI is InChI=1S/C16H14Cl2N2O3/c1-19(10-11-6-7-13(17)14(18)8-11)16(21)9-12-4-2-3-5-15(12)20(22)23/h2-8H,9-10H2,1H3. The Balaban J connectivity index is 2.08. The Kier molecular flexibility index (Phi) is 5.58. The Morgan fingerprint density at radius 1 is 1.17 bits per heavy atom. The fraction of sp³-hybridized carbons (Fsp3) is 0.188. The number of nitro benzene ring substituents is 1. The van der Waals surface area contributed by atoms with E-state index in [9.17, 15) is 14.9 Å². The van der Waals surface area contributed by atoms with Crippen molar-refractivity contribution in [3.8, 4) is 0 Å². The van der Waals surface area contributed by atoms with Crippen molar-refractivity contribution >= 4 is 34.8 Å². The number of rotatable bonds is 5. The zero-order chi connectivity index (χ0) is 17.0. The summed E-state index contributed by atoms with van der Waals surface area (Å²) in [6, 6.07) is 11.4. The van der Waals surface area contributed by atoms with Crippen LogP contribution in [0.4, 0.5) is 5.69 Å². The number of nitrogens with zero attached hydrogens (tertiary/aromatic N) is 2. The highest BCUT2D eigenvalue weighted by atomic mass is 35.5. The molecule has 2 aromatic carbocycles. The molecule has 0 aliphatic rings. The van der Waals surface area contributed by atoms with Gasteiger partial charge in [0.25, 0.3) is 5.69 Å². The number of para-hydroxylation sites is 1. The third kappa shape index (κ3) is 4.43. The molecule has 0 N–H and O–H groups in total. The number of carbonyl (C=O) groups excluding carboxylic acids is 1. The minimum absolute atomic E-state index is 0.0328. The monoisotopic (exact) mass is 352 g/mol. The van der Waals surface area contributed by atoms with Crippen molar-refractivity contribution in [2.75, 3.05) is 7.05 Å². The van der Waals surface area contributed by atoms with Gasteiger partial charge in [0.2, 0.25) is 5.91 Å². The second kappa shape index (κ2) is 7.44. The number of halogens is 2. The molecule has 0 saturated heterocycles. The van der Waals surface area contributed by atoms with Crippen LogP contribution in [0.1, 0.15) is 11.1 Å². The van der Waals surface area contributed by atoms with E-state index in [2.05, 4.69) is 0 Å². The van der Waals surface area contributed by atoms with E-state index in [4.69, 9.17) is 23.2 Å². The van der Waals surface area contributed by atoms with Crippen molar-refractivity contribution < 1.29 is 9.72 Å². The molecule has 0 saturated carbocycles. The van der Waals surface area contributed by atoms with Crippen LogP contribution in [0, 0.1) is 10.1 Å². The molecule has 0 unspecified atom stereocenters.